The standard InChI is InChI=1S/C57H100O6/c1-4-7-10-13-15-17-19-21-22-23-24-25-26-27-28-29-30-31-32-33-34-36-37-39-41-44-47-50-56(59)62-53-54(52-61-55(58)49-46-43-12-9-6-3)63-57(60)51-48-45-42-40-38-35-20-18-16-14-11-8-5-2/h7,10,15,17,21-22,24-25,27-28,54H,4-6,8-9,11-14,16,18-20,23,26,29-53H2,1-3H3/b10-7-,17-15-,22-21-,25-24-,28-27-. The smallest absolute Gasteiger partial charge is 0.306 e. The van der Waals surface area contributed by atoms with Gasteiger partial charge in [-0.05, 0) is 64.2 Å². The molecule has 0 aromatic rings. The van der Waals surface area contributed by atoms with Gasteiger partial charge in [0.2, 0.25) is 0 Å². The van der Waals surface area contributed by atoms with Crippen molar-refractivity contribution in [3.63, 3.8) is 0 Å². The molecule has 0 saturated heterocycles. The topological polar surface area (TPSA) is 78.9 Å². The van der Waals surface area contributed by atoms with E-state index in [9.17, 15) is 14.4 Å². The van der Waals surface area contributed by atoms with Gasteiger partial charge in [-0.3, -0.25) is 14.4 Å². The molecule has 0 amide bonds. The Balaban J connectivity index is 4.05. The lowest BCUT2D eigenvalue weighted by molar-refractivity contribution is -0.167. The van der Waals surface area contributed by atoms with Gasteiger partial charge in [0.05, 0.1) is 0 Å². The van der Waals surface area contributed by atoms with Crippen LogP contribution in [0.2, 0.25) is 0 Å². The number of allylic oxidation sites excluding steroid dienone is 10. The first-order valence-electron chi connectivity index (χ1n) is 26.8. The molecule has 0 saturated carbocycles. The van der Waals surface area contributed by atoms with Crippen LogP contribution in [-0.2, 0) is 28.6 Å². The molecule has 0 radical (unpaired) electrons. The maximum atomic E-state index is 12.7. The summed E-state index contributed by atoms with van der Waals surface area (Å²) in [6, 6.07) is 0. The third kappa shape index (κ3) is 50.0. The highest BCUT2D eigenvalue weighted by molar-refractivity contribution is 5.71. The second kappa shape index (κ2) is 51.7. The van der Waals surface area contributed by atoms with Crippen LogP contribution in [0.1, 0.15) is 265 Å². The minimum atomic E-state index is -0.767. The molecule has 1 atom stereocenters. The number of carbonyl (C=O) groups excluding carboxylic acids is 3. The van der Waals surface area contributed by atoms with Crippen molar-refractivity contribution in [2.75, 3.05) is 13.2 Å². The summed E-state index contributed by atoms with van der Waals surface area (Å²) in [5.41, 5.74) is 0. The Labute approximate surface area is 390 Å². The van der Waals surface area contributed by atoms with Crippen LogP contribution in [0.25, 0.3) is 0 Å². The molecule has 364 valence electrons. The lowest BCUT2D eigenvalue weighted by atomic mass is 10.0. The van der Waals surface area contributed by atoms with Crippen molar-refractivity contribution in [3.8, 4) is 0 Å². The van der Waals surface area contributed by atoms with E-state index in [2.05, 4.69) is 81.5 Å². The first kappa shape index (κ1) is 60.1. The van der Waals surface area contributed by atoms with Crippen molar-refractivity contribution in [2.24, 2.45) is 0 Å². The molecule has 0 aliphatic rings. The van der Waals surface area contributed by atoms with E-state index in [4.69, 9.17) is 14.2 Å². The summed E-state index contributed by atoms with van der Waals surface area (Å²) in [4.78, 5) is 37.7. The van der Waals surface area contributed by atoms with Gasteiger partial charge in [0.25, 0.3) is 0 Å². The molecule has 6 nitrogen and oxygen atoms in total. The Morgan fingerprint density at radius 1 is 0.333 bits per heavy atom. The Morgan fingerprint density at radius 3 is 0.968 bits per heavy atom. The van der Waals surface area contributed by atoms with Crippen LogP contribution >= 0.6 is 0 Å². The summed E-state index contributed by atoms with van der Waals surface area (Å²) >= 11 is 0. The molecule has 0 aliphatic carbocycles. The third-order valence-corrected chi connectivity index (χ3v) is 11.5. The van der Waals surface area contributed by atoms with E-state index >= 15 is 0 Å². The molecule has 0 rings (SSSR count). The number of ether oxygens (including phenoxy) is 3. The number of carbonyl (C=O) groups is 3. The number of rotatable bonds is 48. The van der Waals surface area contributed by atoms with Gasteiger partial charge in [-0.15, -0.1) is 0 Å². The SMILES string of the molecule is CC/C=C\C/C=C\C/C=C\C/C=C\C/C=C\CCCCCCCCCCCCCC(=O)OCC(COC(=O)CCCCCCC)OC(=O)CCCCCCCCCCCCCCC. The van der Waals surface area contributed by atoms with Gasteiger partial charge in [-0.1, -0.05) is 242 Å². The minimum absolute atomic E-state index is 0.0729. The number of hydrogen-bond acceptors (Lipinski definition) is 6. The Morgan fingerprint density at radius 2 is 0.619 bits per heavy atom. The average Bonchev–Trinajstić information content (AvgIpc) is 3.28. The maximum Gasteiger partial charge on any atom is 0.306 e. The van der Waals surface area contributed by atoms with Crippen LogP contribution in [-0.4, -0.2) is 37.2 Å². The molecule has 0 N–H and O–H groups in total. The van der Waals surface area contributed by atoms with Gasteiger partial charge in [0, 0.05) is 19.3 Å². The molecule has 0 aromatic carbocycles. The highest BCUT2D eigenvalue weighted by atomic mass is 16.6. The predicted molar refractivity (Wildman–Crippen MR) is 270 cm³/mol. The van der Waals surface area contributed by atoms with E-state index in [1.807, 2.05) is 0 Å². The molecular weight excluding hydrogens is 781 g/mol. The molecule has 0 spiro atoms. The normalized spacial score (nSPS) is 12.5. The van der Waals surface area contributed by atoms with Crippen LogP contribution in [0.5, 0.6) is 0 Å². The Hall–Kier alpha value is -2.89. The third-order valence-electron chi connectivity index (χ3n) is 11.5. The zero-order valence-corrected chi connectivity index (χ0v) is 41.6. The van der Waals surface area contributed by atoms with Gasteiger partial charge in [-0.2, -0.15) is 0 Å². The second-order valence-corrected chi connectivity index (χ2v) is 17.8. The van der Waals surface area contributed by atoms with E-state index in [-0.39, 0.29) is 31.1 Å². The molecular formula is C57H100O6. The zero-order chi connectivity index (χ0) is 45.8. The van der Waals surface area contributed by atoms with Gasteiger partial charge < -0.3 is 14.2 Å². The number of esters is 3. The maximum absolute atomic E-state index is 12.7. The van der Waals surface area contributed by atoms with E-state index < -0.39 is 6.10 Å². The summed E-state index contributed by atoms with van der Waals surface area (Å²) in [5.74, 6) is -0.883. The summed E-state index contributed by atoms with van der Waals surface area (Å²) < 4.78 is 16.7. The van der Waals surface area contributed by atoms with E-state index in [0.717, 1.165) is 96.3 Å². The summed E-state index contributed by atoms with van der Waals surface area (Å²) in [5, 5.41) is 0. The fraction of sp³-hybridized carbons (Fsp3) is 0.772. The van der Waals surface area contributed by atoms with Crippen LogP contribution < -0.4 is 0 Å². The molecule has 63 heavy (non-hydrogen) atoms. The predicted octanol–water partition coefficient (Wildman–Crippen LogP) is 17.6. The first-order chi connectivity index (χ1) is 31.0. The Kier molecular flexibility index (Phi) is 49.4. The van der Waals surface area contributed by atoms with Crippen LogP contribution in [0.3, 0.4) is 0 Å². The van der Waals surface area contributed by atoms with Crippen LogP contribution in [0.15, 0.2) is 60.8 Å². The molecule has 1 unspecified atom stereocenters. The van der Waals surface area contributed by atoms with Gasteiger partial charge in [0.15, 0.2) is 6.10 Å². The first-order valence-corrected chi connectivity index (χ1v) is 26.8. The lowest BCUT2D eigenvalue weighted by Crippen LogP contribution is -2.30. The number of hydrogen-bond donors (Lipinski definition) is 0. The number of unbranched alkanes of at least 4 members (excludes halogenated alkanes) is 27. The summed E-state index contributed by atoms with van der Waals surface area (Å²) in [6.07, 6.45) is 63.9. The molecule has 0 aliphatic heterocycles. The van der Waals surface area contributed by atoms with E-state index in [1.165, 1.54) is 128 Å². The van der Waals surface area contributed by atoms with E-state index in [1.54, 1.807) is 0 Å². The van der Waals surface area contributed by atoms with Crippen molar-refractivity contribution in [1.82, 2.24) is 0 Å². The largest absolute Gasteiger partial charge is 0.462 e. The molecule has 0 bridgehead atoms. The fourth-order valence-electron chi connectivity index (χ4n) is 7.53. The van der Waals surface area contributed by atoms with Crippen molar-refractivity contribution < 1.29 is 28.6 Å². The fourth-order valence-corrected chi connectivity index (χ4v) is 7.53. The summed E-state index contributed by atoms with van der Waals surface area (Å²) in [6.45, 7) is 6.45. The van der Waals surface area contributed by atoms with Crippen LogP contribution in [0.4, 0.5) is 0 Å². The zero-order valence-electron chi connectivity index (χ0n) is 41.6. The van der Waals surface area contributed by atoms with Crippen molar-refractivity contribution >= 4 is 17.9 Å². The second-order valence-electron chi connectivity index (χ2n) is 17.8. The van der Waals surface area contributed by atoms with E-state index in [0.29, 0.717) is 19.3 Å². The molecule has 0 fully saturated rings. The molecule has 6 heteroatoms. The van der Waals surface area contributed by atoms with Gasteiger partial charge >= 0.3 is 17.9 Å². The molecule has 0 aromatic heterocycles. The van der Waals surface area contributed by atoms with Crippen molar-refractivity contribution in [2.45, 2.75) is 271 Å². The monoisotopic (exact) mass is 881 g/mol. The Bertz CT molecular complexity index is 1150. The highest BCUT2D eigenvalue weighted by Crippen LogP contribution is 2.16. The molecule has 0 heterocycles. The average molecular weight is 881 g/mol. The minimum Gasteiger partial charge on any atom is -0.462 e. The summed E-state index contributed by atoms with van der Waals surface area (Å²) in [7, 11) is 0. The lowest BCUT2D eigenvalue weighted by Gasteiger charge is -2.18. The van der Waals surface area contributed by atoms with Gasteiger partial charge in [0.1, 0.15) is 13.2 Å². The van der Waals surface area contributed by atoms with Crippen LogP contribution in [0, 0.1) is 0 Å². The van der Waals surface area contributed by atoms with Crippen molar-refractivity contribution in [3.05, 3.63) is 60.8 Å². The quantitative estimate of drug-likeness (QED) is 0.0262. The highest BCUT2D eigenvalue weighted by Gasteiger charge is 2.19. The van der Waals surface area contributed by atoms with Crippen molar-refractivity contribution in [1.29, 1.82) is 0 Å². The van der Waals surface area contributed by atoms with Gasteiger partial charge in [-0.25, -0.2) is 0 Å².